The van der Waals surface area contributed by atoms with Crippen molar-refractivity contribution < 1.29 is 13.2 Å². The summed E-state index contributed by atoms with van der Waals surface area (Å²) in [4.78, 5) is 12.8. The van der Waals surface area contributed by atoms with Gasteiger partial charge in [0.1, 0.15) is 0 Å². The number of hydrogen-bond acceptors (Lipinski definition) is 3. The van der Waals surface area contributed by atoms with Crippen LogP contribution in [0.15, 0.2) is 29.2 Å². The third-order valence-electron chi connectivity index (χ3n) is 6.58. The molecule has 0 heterocycles. The van der Waals surface area contributed by atoms with E-state index < -0.39 is 9.84 Å². The van der Waals surface area contributed by atoms with Crippen molar-refractivity contribution in [3.8, 4) is 0 Å². The predicted octanol–water partition coefficient (Wildman–Crippen LogP) is 3.71. The number of amides is 1. The van der Waals surface area contributed by atoms with E-state index in [2.05, 4.69) is 5.32 Å². The Labute approximate surface area is 150 Å². The van der Waals surface area contributed by atoms with E-state index in [1.165, 1.54) is 32.1 Å². The minimum absolute atomic E-state index is 0.0864. The highest BCUT2D eigenvalue weighted by Crippen LogP contribution is 2.56. The van der Waals surface area contributed by atoms with Crippen molar-refractivity contribution in [3.05, 3.63) is 29.8 Å². The summed E-state index contributed by atoms with van der Waals surface area (Å²) in [6, 6.07) is 6.51. The minimum Gasteiger partial charge on any atom is -0.351 e. The lowest BCUT2D eigenvalue weighted by atomic mass is 9.65. The Balaban J connectivity index is 1.40. The van der Waals surface area contributed by atoms with Gasteiger partial charge in [0.05, 0.1) is 10.1 Å². The van der Waals surface area contributed by atoms with Crippen molar-refractivity contribution in [3.63, 3.8) is 0 Å². The zero-order valence-corrected chi connectivity index (χ0v) is 15.5. The number of hydrogen-bond donors (Lipinski definition) is 1. The summed E-state index contributed by atoms with van der Waals surface area (Å²) in [6.45, 7) is 0.763. The molecule has 0 unspecified atom stereocenters. The summed E-state index contributed by atoms with van der Waals surface area (Å²) in [7, 11) is -3.25. The van der Waals surface area contributed by atoms with Gasteiger partial charge in [0.25, 0.3) is 5.91 Å². The van der Waals surface area contributed by atoms with Crippen LogP contribution in [0.4, 0.5) is 0 Å². The Hall–Kier alpha value is -1.36. The van der Waals surface area contributed by atoms with E-state index in [0.29, 0.717) is 15.9 Å². The van der Waals surface area contributed by atoms with Gasteiger partial charge in [-0.25, -0.2) is 8.42 Å². The smallest absolute Gasteiger partial charge is 0.251 e. The molecule has 1 aromatic carbocycles. The van der Waals surface area contributed by atoms with E-state index in [0.717, 1.165) is 38.1 Å². The van der Waals surface area contributed by atoms with Gasteiger partial charge in [-0.3, -0.25) is 4.79 Å². The van der Waals surface area contributed by atoms with Crippen molar-refractivity contribution >= 4 is 15.7 Å². The lowest BCUT2D eigenvalue weighted by molar-refractivity contribution is 0.0781. The molecule has 4 rings (SSSR count). The first-order chi connectivity index (χ1) is 12.0. The lowest BCUT2D eigenvalue weighted by Gasteiger charge is -2.42. The van der Waals surface area contributed by atoms with Crippen LogP contribution in [-0.4, -0.2) is 26.1 Å². The maximum absolute atomic E-state index is 12.6. The van der Waals surface area contributed by atoms with Crippen molar-refractivity contribution in [1.82, 2.24) is 5.32 Å². The number of sulfone groups is 1. The van der Waals surface area contributed by atoms with E-state index in [1.807, 2.05) is 0 Å². The fourth-order valence-corrected chi connectivity index (χ4v) is 6.46. The summed E-state index contributed by atoms with van der Waals surface area (Å²) in [6.07, 6.45) is 9.86. The fraction of sp³-hybridized carbons (Fsp3) is 0.650. The Bertz CT molecular complexity index is 740. The maximum atomic E-state index is 12.6. The molecule has 0 aromatic heterocycles. The highest BCUT2D eigenvalue weighted by Gasteiger charge is 2.48. The molecule has 25 heavy (non-hydrogen) atoms. The van der Waals surface area contributed by atoms with Crippen LogP contribution in [0, 0.1) is 11.3 Å². The average Bonchev–Trinajstić information content (AvgIpc) is 3.26. The molecule has 0 bridgehead atoms. The van der Waals surface area contributed by atoms with Crippen LogP contribution < -0.4 is 5.32 Å². The van der Waals surface area contributed by atoms with Crippen LogP contribution in [0.2, 0.25) is 0 Å². The minimum atomic E-state index is -3.25. The van der Waals surface area contributed by atoms with Crippen LogP contribution in [0.3, 0.4) is 0 Å². The van der Waals surface area contributed by atoms with Gasteiger partial charge in [-0.15, -0.1) is 0 Å². The molecule has 1 amide bonds. The number of nitrogens with one attached hydrogen (secondary N) is 1. The summed E-state index contributed by atoms with van der Waals surface area (Å²) >= 11 is 0. The first-order valence-corrected chi connectivity index (χ1v) is 11.2. The molecule has 0 aliphatic heterocycles. The molecule has 0 saturated heterocycles. The molecular weight excluding hydrogens is 334 g/mol. The molecular formula is C20H27NO3S. The van der Waals surface area contributed by atoms with E-state index in [4.69, 9.17) is 0 Å². The van der Waals surface area contributed by atoms with Crippen LogP contribution in [0.5, 0.6) is 0 Å². The van der Waals surface area contributed by atoms with E-state index in [-0.39, 0.29) is 11.2 Å². The molecule has 0 spiro atoms. The molecule has 0 atom stereocenters. The van der Waals surface area contributed by atoms with Crippen LogP contribution in [0.25, 0.3) is 0 Å². The van der Waals surface area contributed by atoms with E-state index in [1.54, 1.807) is 24.3 Å². The number of rotatable bonds is 6. The van der Waals surface area contributed by atoms with Crippen molar-refractivity contribution in [2.24, 2.45) is 11.3 Å². The Kier molecular flexibility index (Phi) is 4.38. The fourth-order valence-electron chi connectivity index (χ4n) is 4.60. The van der Waals surface area contributed by atoms with Crippen molar-refractivity contribution in [2.75, 3.05) is 6.54 Å². The summed E-state index contributed by atoms with van der Waals surface area (Å²) in [5.41, 5.74) is 0.900. The third-order valence-corrected chi connectivity index (χ3v) is 8.86. The van der Waals surface area contributed by atoms with Gasteiger partial charge in [-0.1, -0.05) is 19.3 Å². The van der Waals surface area contributed by atoms with Gasteiger partial charge in [-0.2, -0.15) is 0 Å². The summed E-state index contributed by atoms with van der Waals surface area (Å²) < 4.78 is 25.2. The van der Waals surface area contributed by atoms with Gasteiger partial charge in [-0.05, 0) is 74.1 Å². The van der Waals surface area contributed by atoms with Gasteiger partial charge in [0, 0.05) is 12.1 Å². The van der Waals surface area contributed by atoms with E-state index >= 15 is 0 Å². The van der Waals surface area contributed by atoms with Crippen LogP contribution in [-0.2, 0) is 9.84 Å². The molecule has 3 saturated carbocycles. The molecule has 4 nitrogen and oxygen atoms in total. The Morgan fingerprint density at radius 2 is 1.64 bits per heavy atom. The normalized spacial score (nSPS) is 23.2. The topological polar surface area (TPSA) is 63.2 Å². The second-order valence-electron chi connectivity index (χ2n) is 8.15. The standard InChI is InChI=1S/C20H27NO3S/c22-19(21-14-20(12-3-13-20)16-8-9-16)15-6-10-18(11-7-15)25(23,24)17-4-1-2-5-17/h6-7,10-11,16-17H,1-5,8-9,12-14H2,(H,21,22). The second-order valence-corrected chi connectivity index (χ2v) is 10.4. The summed E-state index contributed by atoms with van der Waals surface area (Å²) in [5, 5.41) is 2.84. The predicted molar refractivity (Wildman–Crippen MR) is 97.2 cm³/mol. The van der Waals surface area contributed by atoms with Crippen molar-refractivity contribution in [1.29, 1.82) is 0 Å². The Morgan fingerprint density at radius 3 is 2.16 bits per heavy atom. The van der Waals surface area contributed by atoms with Gasteiger partial charge in [0.15, 0.2) is 9.84 Å². The van der Waals surface area contributed by atoms with E-state index in [9.17, 15) is 13.2 Å². The number of carbonyl (C=O) groups is 1. The van der Waals surface area contributed by atoms with Gasteiger partial charge >= 0.3 is 0 Å². The SMILES string of the molecule is O=C(NCC1(C2CC2)CCC1)c1ccc(S(=O)(=O)C2CCCC2)cc1. The first-order valence-electron chi connectivity index (χ1n) is 9.63. The molecule has 3 aliphatic carbocycles. The molecule has 0 radical (unpaired) electrons. The molecule has 1 aromatic rings. The van der Waals surface area contributed by atoms with Crippen molar-refractivity contribution in [2.45, 2.75) is 67.9 Å². The number of benzene rings is 1. The van der Waals surface area contributed by atoms with Gasteiger partial charge in [0.2, 0.25) is 0 Å². The zero-order valence-electron chi connectivity index (χ0n) is 14.7. The molecule has 3 aliphatic rings. The maximum Gasteiger partial charge on any atom is 0.251 e. The first kappa shape index (κ1) is 17.1. The lowest BCUT2D eigenvalue weighted by Crippen LogP contribution is -2.43. The van der Waals surface area contributed by atoms with Crippen LogP contribution in [0.1, 0.15) is 68.1 Å². The number of carbonyl (C=O) groups excluding carboxylic acids is 1. The monoisotopic (exact) mass is 361 g/mol. The van der Waals surface area contributed by atoms with Gasteiger partial charge < -0.3 is 5.32 Å². The zero-order chi connectivity index (χ0) is 17.5. The largest absolute Gasteiger partial charge is 0.351 e. The molecule has 5 heteroatoms. The molecule has 3 fully saturated rings. The average molecular weight is 362 g/mol. The third kappa shape index (κ3) is 3.23. The summed E-state index contributed by atoms with van der Waals surface area (Å²) in [5.74, 6) is 0.720. The quantitative estimate of drug-likeness (QED) is 0.840. The Morgan fingerprint density at radius 1 is 1.00 bits per heavy atom. The highest BCUT2D eigenvalue weighted by atomic mass is 32.2. The molecule has 136 valence electrons. The van der Waals surface area contributed by atoms with Crippen LogP contribution >= 0.6 is 0 Å². The second kappa shape index (κ2) is 6.42. The highest BCUT2D eigenvalue weighted by molar-refractivity contribution is 7.92. The molecule has 1 N–H and O–H groups in total.